The van der Waals surface area contributed by atoms with Gasteiger partial charge in [-0.3, -0.25) is 9.59 Å². The summed E-state index contributed by atoms with van der Waals surface area (Å²) >= 11 is 0. The highest BCUT2D eigenvalue weighted by Crippen LogP contribution is 2.66. The molecule has 4 aliphatic rings. The molecule has 4 rings (SSSR count). The van der Waals surface area contributed by atoms with Crippen molar-refractivity contribution in [1.82, 2.24) is 4.90 Å². The molecule has 4 heteroatoms. The molecular formula is C24H39NO3. The lowest BCUT2D eigenvalue weighted by molar-refractivity contribution is -0.151. The lowest BCUT2D eigenvalue weighted by Crippen LogP contribution is -2.57. The van der Waals surface area contributed by atoms with E-state index in [0.29, 0.717) is 18.3 Å². The largest absolute Gasteiger partial charge is 0.393 e. The molecule has 1 N–H and O–H groups in total. The topological polar surface area (TPSA) is 57.6 Å². The fourth-order valence-electron chi connectivity index (χ4n) is 7.40. The van der Waals surface area contributed by atoms with Crippen molar-refractivity contribution in [2.24, 2.45) is 34.5 Å². The van der Waals surface area contributed by atoms with E-state index in [1.165, 1.54) is 5.57 Å². The molecular weight excluding hydrogens is 350 g/mol. The maximum Gasteiger partial charge on any atom is 0.225 e. The van der Waals surface area contributed by atoms with Gasteiger partial charge in [0.05, 0.1) is 6.10 Å². The lowest BCUT2D eigenvalue weighted by Gasteiger charge is -2.59. The Morgan fingerprint density at radius 1 is 1.14 bits per heavy atom. The minimum Gasteiger partial charge on any atom is -0.393 e. The highest BCUT2D eigenvalue weighted by Gasteiger charge is 2.63. The Balaban J connectivity index is 0.00000109. The van der Waals surface area contributed by atoms with Crippen molar-refractivity contribution in [1.29, 1.82) is 0 Å². The SMILES string of the molecule is CC.CN(C)C(=O)C1CCC2C3CCC4=CC(=O)CCC4(C)C3C(O)CC12C. The van der Waals surface area contributed by atoms with E-state index in [1.807, 2.05) is 34.0 Å². The van der Waals surface area contributed by atoms with E-state index in [1.54, 1.807) is 4.90 Å². The second kappa shape index (κ2) is 7.59. The fraction of sp³-hybridized carbons (Fsp3) is 0.833. The maximum atomic E-state index is 12.8. The summed E-state index contributed by atoms with van der Waals surface area (Å²) < 4.78 is 0. The van der Waals surface area contributed by atoms with E-state index in [0.717, 1.165) is 38.5 Å². The zero-order valence-corrected chi connectivity index (χ0v) is 18.6. The Bertz CT molecular complexity index is 669. The molecule has 3 fully saturated rings. The number of hydrogen-bond acceptors (Lipinski definition) is 3. The van der Waals surface area contributed by atoms with Gasteiger partial charge < -0.3 is 10.0 Å². The highest BCUT2D eigenvalue weighted by molar-refractivity contribution is 5.91. The van der Waals surface area contributed by atoms with E-state index in [-0.39, 0.29) is 40.5 Å². The van der Waals surface area contributed by atoms with E-state index >= 15 is 0 Å². The minimum atomic E-state index is -0.376. The molecule has 158 valence electrons. The summed E-state index contributed by atoms with van der Waals surface area (Å²) in [5.41, 5.74) is 1.14. The zero-order chi connectivity index (χ0) is 20.9. The van der Waals surface area contributed by atoms with Crippen LogP contribution >= 0.6 is 0 Å². The molecule has 4 aliphatic carbocycles. The minimum absolute atomic E-state index is 0.0378. The molecule has 0 aromatic rings. The van der Waals surface area contributed by atoms with Crippen LogP contribution in [0.25, 0.3) is 0 Å². The van der Waals surface area contributed by atoms with Gasteiger partial charge in [-0.2, -0.15) is 0 Å². The number of ketones is 1. The number of allylic oxidation sites excluding steroid dienone is 1. The summed E-state index contributed by atoms with van der Waals surface area (Å²) in [5.74, 6) is 1.74. The average Bonchev–Trinajstić information content (AvgIpc) is 2.99. The molecule has 3 saturated carbocycles. The molecule has 7 atom stereocenters. The Morgan fingerprint density at radius 2 is 1.82 bits per heavy atom. The predicted octanol–water partition coefficient (Wildman–Crippen LogP) is 4.22. The second-order valence-corrected chi connectivity index (χ2v) is 10.0. The molecule has 4 nitrogen and oxygen atoms in total. The number of amides is 1. The van der Waals surface area contributed by atoms with E-state index in [9.17, 15) is 14.7 Å². The molecule has 28 heavy (non-hydrogen) atoms. The molecule has 1 amide bonds. The van der Waals surface area contributed by atoms with Crippen molar-refractivity contribution >= 4 is 11.7 Å². The standard InChI is InChI=1S/C22H33NO3.C2H6/c1-21-10-9-14(24)11-13(21)5-6-15-16-7-8-17(20(26)23(3)4)22(16,2)12-18(25)19(15)21;1-2/h11,15-19,25H,5-10,12H2,1-4H3;1-2H3. The number of rotatable bonds is 1. The van der Waals surface area contributed by atoms with Crippen molar-refractivity contribution in [3.8, 4) is 0 Å². The number of fused-ring (bicyclic) bond motifs is 5. The van der Waals surface area contributed by atoms with Gasteiger partial charge in [0.15, 0.2) is 5.78 Å². The molecule has 0 aliphatic heterocycles. The van der Waals surface area contributed by atoms with Crippen molar-refractivity contribution in [2.75, 3.05) is 14.1 Å². The van der Waals surface area contributed by atoms with Crippen LogP contribution in [0.2, 0.25) is 0 Å². The van der Waals surface area contributed by atoms with Gasteiger partial charge in [0.25, 0.3) is 0 Å². The van der Waals surface area contributed by atoms with Crippen LogP contribution in [0.3, 0.4) is 0 Å². The van der Waals surface area contributed by atoms with Crippen LogP contribution < -0.4 is 0 Å². The summed E-state index contributed by atoms with van der Waals surface area (Å²) in [6.07, 6.45) is 7.80. The van der Waals surface area contributed by atoms with Gasteiger partial charge in [0.2, 0.25) is 5.91 Å². The molecule has 0 aromatic heterocycles. The summed E-state index contributed by atoms with van der Waals surface area (Å²) in [6, 6.07) is 0. The Kier molecular flexibility index (Phi) is 5.84. The quantitative estimate of drug-likeness (QED) is 0.730. The van der Waals surface area contributed by atoms with Crippen molar-refractivity contribution < 1.29 is 14.7 Å². The van der Waals surface area contributed by atoms with Crippen LogP contribution in [0.15, 0.2) is 11.6 Å². The van der Waals surface area contributed by atoms with Gasteiger partial charge in [-0.1, -0.05) is 33.3 Å². The van der Waals surface area contributed by atoms with Gasteiger partial charge in [0, 0.05) is 26.4 Å². The highest BCUT2D eigenvalue weighted by atomic mass is 16.3. The second-order valence-electron chi connectivity index (χ2n) is 10.0. The molecule has 0 bridgehead atoms. The fourth-order valence-corrected chi connectivity index (χ4v) is 7.40. The third-order valence-electron chi connectivity index (χ3n) is 8.63. The van der Waals surface area contributed by atoms with Crippen LogP contribution in [-0.2, 0) is 9.59 Å². The summed E-state index contributed by atoms with van der Waals surface area (Å²) in [6.45, 7) is 8.54. The predicted molar refractivity (Wildman–Crippen MR) is 112 cm³/mol. The molecule has 0 saturated heterocycles. The molecule has 0 radical (unpaired) electrons. The van der Waals surface area contributed by atoms with Gasteiger partial charge in [-0.15, -0.1) is 0 Å². The smallest absolute Gasteiger partial charge is 0.225 e. The van der Waals surface area contributed by atoms with Gasteiger partial charge in [0.1, 0.15) is 0 Å². The Morgan fingerprint density at radius 3 is 2.46 bits per heavy atom. The van der Waals surface area contributed by atoms with Crippen LogP contribution in [0, 0.1) is 34.5 Å². The van der Waals surface area contributed by atoms with Gasteiger partial charge >= 0.3 is 0 Å². The number of nitrogens with zero attached hydrogens (tertiary/aromatic N) is 1. The number of aliphatic hydroxyl groups excluding tert-OH is 1. The monoisotopic (exact) mass is 389 g/mol. The number of carbonyl (C=O) groups is 2. The van der Waals surface area contributed by atoms with E-state index in [4.69, 9.17) is 0 Å². The van der Waals surface area contributed by atoms with E-state index < -0.39 is 0 Å². The Hall–Kier alpha value is -1.16. The number of carbonyl (C=O) groups excluding carboxylic acids is 2. The van der Waals surface area contributed by atoms with Crippen LogP contribution in [0.1, 0.15) is 72.6 Å². The van der Waals surface area contributed by atoms with Crippen molar-refractivity contribution in [3.05, 3.63) is 11.6 Å². The molecule has 7 unspecified atom stereocenters. The van der Waals surface area contributed by atoms with Crippen molar-refractivity contribution in [2.45, 2.75) is 78.7 Å². The summed E-state index contributed by atoms with van der Waals surface area (Å²) in [7, 11) is 3.69. The maximum absolute atomic E-state index is 12.8. The van der Waals surface area contributed by atoms with Gasteiger partial charge in [-0.05, 0) is 73.2 Å². The van der Waals surface area contributed by atoms with Crippen LogP contribution in [-0.4, -0.2) is 41.9 Å². The first-order valence-electron chi connectivity index (χ1n) is 11.3. The van der Waals surface area contributed by atoms with Crippen LogP contribution in [0.5, 0.6) is 0 Å². The number of aliphatic hydroxyl groups is 1. The molecule has 0 aromatic carbocycles. The zero-order valence-electron chi connectivity index (χ0n) is 18.6. The normalized spacial score (nSPS) is 44.3. The summed E-state index contributed by atoms with van der Waals surface area (Å²) in [4.78, 5) is 26.5. The first-order chi connectivity index (χ1) is 13.2. The van der Waals surface area contributed by atoms with Crippen molar-refractivity contribution in [3.63, 3.8) is 0 Å². The number of hydrogen-bond donors (Lipinski definition) is 1. The third kappa shape index (κ3) is 3.07. The molecule has 0 spiro atoms. The first kappa shape index (κ1) is 21.5. The Labute approximate surface area is 170 Å². The van der Waals surface area contributed by atoms with E-state index in [2.05, 4.69) is 13.8 Å². The molecule has 0 heterocycles. The third-order valence-corrected chi connectivity index (χ3v) is 8.63. The first-order valence-corrected chi connectivity index (χ1v) is 11.3. The average molecular weight is 390 g/mol. The summed E-state index contributed by atoms with van der Waals surface area (Å²) in [5, 5.41) is 11.3. The van der Waals surface area contributed by atoms with Gasteiger partial charge in [-0.25, -0.2) is 0 Å². The van der Waals surface area contributed by atoms with Crippen LogP contribution in [0.4, 0.5) is 0 Å². The lowest BCUT2D eigenvalue weighted by atomic mass is 9.46.